The first kappa shape index (κ1) is 17.1. The van der Waals surface area contributed by atoms with Crippen LogP contribution in [0.3, 0.4) is 0 Å². The first-order valence-electron chi connectivity index (χ1n) is 10.6. The summed E-state index contributed by atoms with van der Waals surface area (Å²) in [5, 5.41) is 10.3. The molecule has 1 spiro atoms. The molecule has 2 bridgehead atoms. The zero-order valence-electron chi connectivity index (χ0n) is 15.8. The van der Waals surface area contributed by atoms with Crippen LogP contribution >= 0.6 is 0 Å². The van der Waals surface area contributed by atoms with Crippen molar-refractivity contribution in [1.82, 2.24) is 10.6 Å². The zero-order chi connectivity index (χ0) is 18.4. The van der Waals surface area contributed by atoms with Crippen LogP contribution in [-0.4, -0.2) is 23.5 Å². The number of carbonyl (C=O) groups is 2. The lowest BCUT2D eigenvalue weighted by Crippen LogP contribution is -2.68. The molecule has 3 N–H and O–H groups in total. The minimum absolute atomic E-state index is 0.0140. The van der Waals surface area contributed by atoms with Gasteiger partial charge in [0.25, 0.3) is 5.91 Å². The van der Waals surface area contributed by atoms with Gasteiger partial charge in [0, 0.05) is 23.6 Å². The van der Waals surface area contributed by atoms with E-state index in [1.807, 2.05) is 24.3 Å². The Morgan fingerprint density at radius 3 is 2.63 bits per heavy atom. The highest BCUT2D eigenvalue weighted by Gasteiger charge is 2.55. The first-order chi connectivity index (χ1) is 13.1. The molecule has 5 nitrogen and oxygen atoms in total. The van der Waals surface area contributed by atoms with E-state index < -0.39 is 0 Å². The molecule has 0 radical (unpaired) electrons. The Labute approximate surface area is 160 Å². The predicted octanol–water partition coefficient (Wildman–Crippen LogP) is 3.42. The van der Waals surface area contributed by atoms with Crippen LogP contribution in [0.1, 0.15) is 68.1 Å². The molecular formula is C22H29N3O2. The Kier molecular flexibility index (Phi) is 4.14. The lowest BCUT2D eigenvalue weighted by atomic mass is 9.58. The standard InChI is InChI=1S/C22H29N3O2/c26-20(23-16-6-2-1-3-7-16)18-12-15-11-10-14(18)13-22(15)24-19-9-5-4-8-17(19)21(27)25-22/h4-5,8-9,14-16,18,24H,1-3,6-7,10-13H2,(H,23,26)(H,25,27)/t14-,15+,18-,22-/m1/s1. The number of amides is 2. The van der Waals surface area contributed by atoms with Gasteiger partial charge in [0.2, 0.25) is 5.91 Å². The molecule has 5 aliphatic rings. The monoisotopic (exact) mass is 367 g/mol. The van der Waals surface area contributed by atoms with Crippen molar-refractivity contribution < 1.29 is 9.59 Å². The maximum Gasteiger partial charge on any atom is 0.255 e. The van der Waals surface area contributed by atoms with Gasteiger partial charge in [-0.15, -0.1) is 0 Å². The van der Waals surface area contributed by atoms with E-state index in [-0.39, 0.29) is 23.4 Å². The summed E-state index contributed by atoms with van der Waals surface area (Å²) >= 11 is 0. The number of rotatable bonds is 2. The molecule has 4 aliphatic carbocycles. The Morgan fingerprint density at radius 1 is 1.04 bits per heavy atom. The maximum absolute atomic E-state index is 13.0. The smallest absolute Gasteiger partial charge is 0.255 e. The van der Waals surface area contributed by atoms with E-state index in [1.165, 1.54) is 19.3 Å². The molecule has 6 rings (SSSR count). The average molecular weight is 367 g/mol. The van der Waals surface area contributed by atoms with Crippen molar-refractivity contribution in [3.05, 3.63) is 29.8 Å². The van der Waals surface area contributed by atoms with Crippen LogP contribution in [0.25, 0.3) is 0 Å². The molecule has 5 heteroatoms. The number of benzene rings is 1. The van der Waals surface area contributed by atoms with E-state index in [0.29, 0.717) is 17.9 Å². The highest BCUT2D eigenvalue weighted by atomic mass is 16.2. The molecule has 4 atom stereocenters. The van der Waals surface area contributed by atoms with Crippen molar-refractivity contribution in [1.29, 1.82) is 0 Å². The van der Waals surface area contributed by atoms with Crippen LogP contribution in [0.2, 0.25) is 0 Å². The van der Waals surface area contributed by atoms with Crippen LogP contribution in [0.4, 0.5) is 5.69 Å². The highest BCUT2D eigenvalue weighted by Crippen LogP contribution is 2.51. The molecule has 1 heterocycles. The van der Waals surface area contributed by atoms with E-state index in [2.05, 4.69) is 16.0 Å². The lowest BCUT2D eigenvalue weighted by Gasteiger charge is -2.56. The van der Waals surface area contributed by atoms with Crippen molar-refractivity contribution in [2.45, 2.75) is 69.5 Å². The molecule has 0 saturated heterocycles. The Bertz CT molecular complexity index is 758. The fraction of sp³-hybridized carbons (Fsp3) is 0.636. The lowest BCUT2D eigenvalue weighted by molar-refractivity contribution is -0.133. The fourth-order valence-corrected chi connectivity index (χ4v) is 6.02. The molecule has 144 valence electrons. The van der Waals surface area contributed by atoms with Crippen molar-refractivity contribution in [3.8, 4) is 0 Å². The molecule has 4 saturated carbocycles. The van der Waals surface area contributed by atoms with Gasteiger partial charge in [-0.3, -0.25) is 9.59 Å². The summed E-state index contributed by atoms with van der Waals surface area (Å²) in [5.41, 5.74) is 1.27. The number of carbonyl (C=O) groups excluding carboxylic acids is 2. The third-order valence-corrected chi connectivity index (χ3v) is 7.43. The van der Waals surface area contributed by atoms with E-state index in [1.54, 1.807) is 0 Å². The van der Waals surface area contributed by atoms with Crippen LogP contribution < -0.4 is 16.0 Å². The quantitative estimate of drug-likeness (QED) is 0.750. The minimum Gasteiger partial charge on any atom is -0.362 e. The molecule has 0 unspecified atom stereocenters. The van der Waals surface area contributed by atoms with Gasteiger partial charge in [-0.25, -0.2) is 0 Å². The summed E-state index contributed by atoms with van der Waals surface area (Å²) in [5.74, 6) is 1.03. The van der Waals surface area contributed by atoms with Gasteiger partial charge in [0.1, 0.15) is 5.66 Å². The Morgan fingerprint density at radius 2 is 1.85 bits per heavy atom. The van der Waals surface area contributed by atoms with E-state index >= 15 is 0 Å². The number of nitrogens with one attached hydrogen (secondary N) is 3. The molecule has 0 aromatic heterocycles. The number of fused-ring (bicyclic) bond motifs is 3. The summed E-state index contributed by atoms with van der Waals surface area (Å²) < 4.78 is 0. The van der Waals surface area contributed by atoms with Crippen LogP contribution in [-0.2, 0) is 4.79 Å². The SMILES string of the molecule is O=C1N[C@@]2(C[C@H]3CC[C@H]2C[C@H]3C(=O)NC2CCCCC2)Nc2ccccc21. The summed E-state index contributed by atoms with van der Waals surface area (Å²) in [6.45, 7) is 0. The Balaban J connectivity index is 1.32. The highest BCUT2D eigenvalue weighted by molar-refractivity contribution is 6.02. The second-order valence-corrected chi connectivity index (χ2v) is 9.02. The van der Waals surface area contributed by atoms with Crippen LogP contribution in [0.15, 0.2) is 24.3 Å². The summed E-state index contributed by atoms with van der Waals surface area (Å²) in [4.78, 5) is 25.7. The average Bonchev–Trinajstić information content (AvgIpc) is 2.69. The fourth-order valence-electron chi connectivity index (χ4n) is 6.02. The van der Waals surface area contributed by atoms with Gasteiger partial charge in [0.15, 0.2) is 0 Å². The Hall–Kier alpha value is -2.04. The molecule has 1 aliphatic heterocycles. The third-order valence-electron chi connectivity index (χ3n) is 7.43. The predicted molar refractivity (Wildman–Crippen MR) is 104 cm³/mol. The number of hydrogen-bond donors (Lipinski definition) is 3. The number of hydrogen-bond acceptors (Lipinski definition) is 3. The maximum atomic E-state index is 13.0. The van der Waals surface area contributed by atoms with Crippen molar-refractivity contribution in [2.24, 2.45) is 17.8 Å². The van der Waals surface area contributed by atoms with Crippen molar-refractivity contribution >= 4 is 17.5 Å². The van der Waals surface area contributed by atoms with Gasteiger partial charge < -0.3 is 16.0 Å². The van der Waals surface area contributed by atoms with E-state index in [9.17, 15) is 9.59 Å². The second-order valence-electron chi connectivity index (χ2n) is 9.02. The van der Waals surface area contributed by atoms with Crippen LogP contribution in [0.5, 0.6) is 0 Å². The third kappa shape index (κ3) is 2.91. The molecule has 27 heavy (non-hydrogen) atoms. The molecule has 1 aromatic rings. The molecule has 2 amide bonds. The second kappa shape index (κ2) is 6.54. The topological polar surface area (TPSA) is 70.2 Å². The molecule has 1 aromatic carbocycles. The number of para-hydroxylation sites is 1. The summed E-state index contributed by atoms with van der Waals surface area (Å²) in [6.07, 6.45) is 9.92. The molecule has 4 fully saturated rings. The van der Waals surface area contributed by atoms with Gasteiger partial charge in [-0.2, -0.15) is 0 Å². The van der Waals surface area contributed by atoms with Gasteiger partial charge in [-0.05, 0) is 56.6 Å². The normalized spacial score (nSPS) is 35.3. The van der Waals surface area contributed by atoms with E-state index in [0.717, 1.165) is 49.8 Å². The minimum atomic E-state index is -0.379. The van der Waals surface area contributed by atoms with E-state index in [4.69, 9.17) is 0 Å². The zero-order valence-corrected chi connectivity index (χ0v) is 15.8. The number of anilines is 1. The van der Waals surface area contributed by atoms with Crippen molar-refractivity contribution in [2.75, 3.05) is 5.32 Å². The van der Waals surface area contributed by atoms with Crippen LogP contribution in [0, 0.1) is 17.8 Å². The molecular weight excluding hydrogens is 338 g/mol. The van der Waals surface area contributed by atoms with Gasteiger partial charge in [-0.1, -0.05) is 31.4 Å². The largest absolute Gasteiger partial charge is 0.362 e. The first-order valence-corrected chi connectivity index (χ1v) is 10.6. The van der Waals surface area contributed by atoms with Gasteiger partial charge >= 0.3 is 0 Å². The summed E-state index contributed by atoms with van der Waals surface area (Å²) in [7, 11) is 0. The summed E-state index contributed by atoms with van der Waals surface area (Å²) in [6, 6.07) is 8.10. The van der Waals surface area contributed by atoms with Gasteiger partial charge in [0.05, 0.1) is 5.56 Å². The van der Waals surface area contributed by atoms with Crippen molar-refractivity contribution in [3.63, 3.8) is 0 Å².